The van der Waals surface area contributed by atoms with E-state index in [2.05, 4.69) is 0 Å². The van der Waals surface area contributed by atoms with Crippen LogP contribution < -0.4 is 9.84 Å². The van der Waals surface area contributed by atoms with Gasteiger partial charge in [-0.15, -0.1) is 0 Å². The zero-order valence-electron chi connectivity index (χ0n) is 9.61. The van der Waals surface area contributed by atoms with Crippen LogP contribution in [0.3, 0.4) is 0 Å². The Kier molecular flexibility index (Phi) is 3.90. The van der Waals surface area contributed by atoms with Crippen molar-refractivity contribution < 1.29 is 19.7 Å². The average Bonchev–Trinajstić information content (AvgIpc) is 2.16. The normalized spacial score (nSPS) is 12.2. The molecule has 16 heavy (non-hydrogen) atoms. The highest BCUT2D eigenvalue weighted by Crippen LogP contribution is 2.24. The summed E-state index contributed by atoms with van der Waals surface area (Å²) in [5, 5.41) is 19.6. The zero-order valence-corrected chi connectivity index (χ0v) is 9.61. The van der Waals surface area contributed by atoms with Crippen LogP contribution in [0.5, 0.6) is 5.75 Å². The molecule has 0 aliphatic heterocycles. The van der Waals surface area contributed by atoms with E-state index in [4.69, 9.17) is 4.74 Å². The van der Waals surface area contributed by atoms with Crippen LogP contribution in [0.4, 0.5) is 0 Å². The molecule has 0 aliphatic rings. The van der Waals surface area contributed by atoms with Gasteiger partial charge in [0.15, 0.2) is 0 Å². The number of rotatable bonds is 4. The number of hydrogen-bond donors (Lipinski definition) is 1. The number of aryl methyl sites for hydroxylation is 2. The van der Waals surface area contributed by atoms with Crippen molar-refractivity contribution in [2.75, 3.05) is 7.11 Å². The molecule has 1 rings (SSSR count). The second-order valence-corrected chi connectivity index (χ2v) is 3.80. The Morgan fingerprint density at radius 3 is 2.31 bits per heavy atom. The molecule has 0 radical (unpaired) electrons. The fraction of sp³-hybridized carbons (Fsp3) is 0.417. The van der Waals surface area contributed by atoms with E-state index in [0.29, 0.717) is 0 Å². The van der Waals surface area contributed by atoms with Crippen molar-refractivity contribution in [3.8, 4) is 5.75 Å². The molecular weight excluding hydrogens is 208 g/mol. The molecule has 4 heteroatoms. The molecule has 0 saturated carbocycles. The Hall–Kier alpha value is -1.55. The van der Waals surface area contributed by atoms with Gasteiger partial charge in [-0.05, 0) is 30.5 Å². The van der Waals surface area contributed by atoms with Crippen molar-refractivity contribution in [1.82, 2.24) is 0 Å². The van der Waals surface area contributed by atoms with E-state index in [-0.39, 0.29) is 6.42 Å². The maximum atomic E-state index is 10.4. The first-order valence-electron chi connectivity index (χ1n) is 4.98. The van der Waals surface area contributed by atoms with Gasteiger partial charge in [-0.3, -0.25) is 0 Å². The van der Waals surface area contributed by atoms with Gasteiger partial charge in [-0.25, -0.2) is 0 Å². The number of ether oxygens (including phenoxy) is 1. The monoisotopic (exact) mass is 223 g/mol. The molecule has 1 N–H and O–H groups in total. The number of methoxy groups -OCH3 is 1. The lowest BCUT2D eigenvalue weighted by Gasteiger charge is -2.14. The minimum absolute atomic E-state index is 0.0496. The Bertz CT molecular complexity index is 375. The fourth-order valence-electron chi connectivity index (χ4n) is 1.79. The van der Waals surface area contributed by atoms with Crippen LogP contribution in [0.1, 0.15) is 16.7 Å². The van der Waals surface area contributed by atoms with Gasteiger partial charge in [-0.2, -0.15) is 0 Å². The fourth-order valence-corrected chi connectivity index (χ4v) is 1.79. The van der Waals surface area contributed by atoms with Crippen LogP contribution in [0.2, 0.25) is 0 Å². The number of carbonyl (C=O) groups is 1. The number of aliphatic hydroxyl groups is 1. The van der Waals surface area contributed by atoms with Crippen molar-refractivity contribution in [1.29, 1.82) is 0 Å². The molecule has 1 aromatic carbocycles. The van der Waals surface area contributed by atoms with E-state index in [1.807, 2.05) is 13.8 Å². The Morgan fingerprint density at radius 1 is 1.44 bits per heavy atom. The average molecular weight is 223 g/mol. The SMILES string of the molecule is COc1c(C)cc(C[C@@H](O)C(=O)[O-])cc1C. The van der Waals surface area contributed by atoms with Crippen LogP contribution in [0.15, 0.2) is 12.1 Å². The van der Waals surface area contributed by atoms with Gasteiger partial charge in [0.2, 0.25) is 0 Å². The molecule has 0 amide bonds. The van der Waals surface area contributed by atoms with Gasteiger partial charge in [0, 0.05) is 6.42 Å². The number of carbonyl (C=O) groups excluding carboxylic acids is 1. The summed E-state index contributed by atoms with van der Waals surface area (Å²) in [6, 6.07) is 3.61. The molecule has 0 aromatic heterocycles. The van der Waals surface area contributed by atoms with E-state index >= 15 is 0 Å². The number of hydrogen-bond acceptors (Lipinski definition) is 4. The lowest BCUT2D eigenvalue weighted by Crippen LogP contribution is -2.36. The van der Waals surface area contributed by atoms with Crippen LogP contribution in [-0.4, -0.2) is 24.3 Å². The highest BCUT2D eigenvalue weighted by molar-refractivity contribution is 5.70. The van der Waals surface area contributed by atoms with E-state index < -0.39 is 12.1 Å². The van der Waals surface area contributed by atoms with Crippen LogP contribution >= 0.6 is 0 Å². The molecule has 1 aromatic rings. The summed E-state index contributed by atoms with van der Waals surface area (Å²) in [6.45, 7) is 3.75. The summed E-state index contributed by atoms with van der Waals surface area (Å²) in [5.41, 5.74) is 2.60. The molecule has 0 fully saturated rings. The first-order chi connectivity index (χ1) is 7.45. The largest absolute Gasteiger partial charge is 0.547 e. The topological polar surface area (TPSA) is 69.6 Å². The smallest absolute Gasteiger partial charge is 0.124 e. The lowest BCUT2D eigenvalue weighted by atomic mass is 10.0. The minimum atomic E-state index is -1.47. The van der Waals surface area contributed by atoms with Crippen molar-refractivity contribution in [2.45, 2.75) is 26.4 Å². The number of carboxylic acids is 1. The number of carboxylic acid groups (broad SMARTS) is 1. The second kappa shape index (κ2) is 4.99. The maximum absolute atomic E-state index is 10.4. The van der Waals surface area contributed by atoms with Crippen molar-refractivity contribution in [3.05, 3.63) is 28.8 Å². The molecule has 4 nitrogen and oxygen atoms in total. The van der Waals surface area contributed by atoms with E-state index in [0.717, 1.165) is 22.4 Å². The summed E-state index contributed by atoms with van der Waals surface area (Å²) in [7, 11) is 1.59. The number of benzene rings is 1. The second-order valence-electron chi connectivity index (χ2n) is 3.80. The van der Waals surface area contributed by atoms with E-state index in [1.165, 1.54) is 0 Å². The van der Waals surface area contributed by atoms with Gasteiger partial charge in [0.1, 0.15) is 5.75 Å². The number of aliphatic hydroxyl groups excluding tert-OH is 1. The molecule has 1 atom stereocenters. The molecule has 0 heterocycles. The van der Waals surface area contributed by atoms with Gasteiger partial charge in [0.25, 0.3) is 0 Å². The van der Waals surface area contributed by atoms with E-state index in [1.54, 1.807) is 19.2 Å². The highest BCUT2D eigenvalue weighted by Gasteiger charge is 2.10. The van der Waals surface area contributed by atoms with Crippen LogP contribution in [-0.2, 0) is 11.2 Å². The van der Waals surface area contributed by atoms with E-state index in [9.17, 15) is 15.0 Å². The van der Waals surface area contributed by atoms with Crippen LogP contribution in [0, 0.1) is 13.8 Å². The summed E-state index contributed by atoms with van der Waals surface area (Å²) in [5.74, 6) is -0.669. The van der Waals surface area contributed by atoms with Gasteiger partial charge in [-0.1, -0.05) is 12.1 Å². The maximum Gasteiger partial charge on any atom is 0.124 e. The third-order valence-electron chi connectivity index (χ3n) is 2.43. The Morgan fingerprint density at radius 2 is 1.94 bits per heavy atom. The molecular formula is C12H15O4-. The predicted octanol–water partition coefficient (Wildman–Crippen LogP) is -0.0347. The molecule has 88 valence electrons. The minimum Gasteiger partial charge on any atom is -0.547 e. The predicted molar refractivity (Wildman–Crippen MR) is 57.2 cm³/mol. The highest BCUT2D eigenvalue weighted by atomic mass is 16.5. The van der Waals surface area contributed by atoms with Crippen molar-refractivity contribution >= 4 is 5.97 Å². The standard InChI is InChI=1S/C12H16O4/c1-7-4-9(6-10(13)12(14)15)5-8(2)11(7)16-3/h4-5,10,13H,6H2,1-3H3,(H,14,15)/p-1/t10-/m1/s1. The quantitative estimate of drug-likeness (QED) is 0.778. The van der Waals surface area contributed by atoms with Gasteiger partial charge in [0.05, 0.1) is 19.2 Å². The molecule has 0 saturated heterocycles. The third kappa shape index (κ3) is 2.73. The van der Waals surface area contributed by atoms with Crippen molar-refractivity contribution in [3.63, 3.8) is 0 Å². The summed E-state index contributed by atoms with van der Waals surface area (Å²) < 4.78 is 5.19. The molecule has 0 aliphatic carbocycles. The van der Waals surface area contributed by atoms with Crippen molar-refractivity contribution in [2.24, 2.45) is 0 Å². The Balaban J connectivity index is 2.96. The number of aliphatic carboxylic acids is 1. The summed E-state index contributed by atoms with van der Waals surface area (Å²) in [6.07, 6.45) is -1.42. The lowest BCUT2D eigenvalue weighted by molar-refractivity contribution is -0.314. The van der Waals surface area contributed by atoms with Gasteiger partial charge >= 0.3 is 0 Å². The Labute approximate surface area is 94.5 Å². The molecule has 0 unspecified atom stereocenters. The molecule has 0 bridgehead atoms. The third-order valence-corrected chi connectivity index (χ3v) is 2.43. The summed E-state index contributed by atoms with van der Waals surface area (Å²) >= 11 is 0. The molecule has 0 spiro atoms. The van der Waals surface area contributed by atoms with Crippen LogP contribution in [0.25, 0.3) is 0 Å². The van der Waals surface area contributed by atoms with Gasteiger partial charge < -0.3 is 19.7 Å². The first kappa shape index (κ1) is 12.5. The zero-order chi connectivity index (χ0) is 12.3. The summed E-state index contributed by atoms with van der Waals surface area (Å²) in [4.78, 5) is 10.4. The first-order valence-corrected chi connectivity index (χ1v) is 4.98.